The molecule has 0 saturated heterocycles. The normalized spacial score (nSPS) is 20.5. The number of aromatic amines is 1. The van der Waals surface area contributed by atoms with Gasteiger partial charge in [-0.1, -0.05) is 24.6 Å². The SMILES string of the molecule is CCNC(=NCC1CCCC1O)NCCc1c[nH]c2ccccc12.I. The third kappa shape index (κ3) is 5.34. The number of nitrogens with zero attached hydrogens (tertiary/aromatic N) is 1. The van der Waals surface area contributed by atoms with Gasteiger partial charge in [-0.3, -0.25) is 4.99 Å². The highest BCUT2D eigenvalue weighted by Crippen LogP contribution is 2.25. The first-order chi connectivity index (χ1) is 11.8. The molecule has 5 nitrogen and oxygen atoms in total. The molecule has 1 saturated carbocycles. The minimum absolute atomic E-state index is 0. The Bertz CT molecular complexity index is 685. The minimum Gasteiger partial charge on any atom is -0.393 e. The zero-order chi connectivity index (χ0) is 16.8. The molecule has 4 N–H and O–H groups in total. The lowest BCUT2D eigenvalue weighted by Gasteiger charge is -2.14. The van der Waals surface area contributed by atoms with E-state index in [1.807, 2.05) is 6.07 Å². The number of halogens is 1. The number of hydrogen-bond acceptors (Lipinski definition) is 2. The fourth-order valence-electron chi connectivity index (χ4n) is 3.43. The fraction of sp³-hybridized carbons (Fsp3) is 0.526. The lowest BCUT2D eigenvalue weighted by molar-refractivity contribution is 0.136. The van der Waals surface area contributed by atoms with Gasteiger partial charge >= 0.3 is 0 Å². The molecule has 1 aromatic heterocycles. The summed E-state index contributed by atoms with van der Waals surface area (Å²) >= 11 is 0. The van der Waals surface area contributed by atoms with Gasteiger partial charge in [-0.2, -0.15) is 0 Å². The molecule has 3 rings (SSSR count). The Kier molecular flexibility index (Phi) is 8.02. The van der Waals surface area contributed by atoms with Crippen molar-refractivity contribution in [1.29, 1.82) is 0 Å². The number of aromatic nitrogens is 1. The van der Waals surface area contributed by atoms with E-state index in [0.717, 1.165) is 44.7 Å². The highest BCUT2D eigenvalue weighted by Gasteiger charge is 2.24. The molecular weight excluding hydrogens is 427 g/mol. The van der Waals surface area contributed by atoms with Crippen LogP contribution in [0.4, 0.5) is 0 Å². The molecule has 6 heteroatoms. The first kappa shape index (κ1) is 20.0. The van der Waals surface area contributed by atoms with Crippen molar-refractivity contribution in [3.8, 4) is 0 Å². The number of guanidine groups is 1. The van der Waals surface area contributed by atoms with Crippen LogP contribution in [0.2, 0.25) is 0 Å². The van der Waals surface area contributed by atoms with E-state index < -0.39 is 0 Å². The van der Waals surface area contributed by atoms with Gasteiger partial charge in [-0.15, -0.1) is 24.0 Å². The maximum absolute atomic E-state index is 9.92. The summed E-state index contributed by atoms with van der Waals surface area (Å²) in [6.45, 7) is 4.44. The van der Waals surface area contributed by atoms with Crippen LogP contribution < -0.4 is 10.6 Å². The Morgan fingerprint density at radius 3 is 2.88 bits per heavy atom. The Balaban J connectivity index is 0.00000225. The maximum Gasteiger partial charge on any atom is 0.191 e. The van der Waals surface area contributed by atoms with E-state index in [4.69, 9.17) is 0 Å². The van der Waals surface area contributed by atoms with Crippen molar-refractivity contribution in [2.75, 3.05) is 19.6 Å². The van der Waals surface area contributed by atoms with Crippen LogP contribution in [0.1, 0.15) is 31.7 Å². The standard InChI is InChI=1S/C19H28N4O.HI/c1-2-20-19(23-13-15-6-5-9-18(15)24)21-11-10-14-12-22-17-8-4-3-7-16(14)17;/h3-4,7-8,12,15,18,22,24H,2,5-6,9-11,13H2,1H3,(H2,20,21,23);1H. The van der Waals surface area contributed by atoms with Crippen LogP contribution in [-0.4, -0.2) is 41.8 Å². The molecule has 0 bridgehead atoms. The molecule has 0 radical (unpaired) electrons. The highest BCUT2D eigenvalue weighted by atomic mass is 127. The Morgan fingerprint density at radius 1 is 1.28 bits per heavy atom. The van der Waals surface area contributed by atoms with Crippen molar-refractivity contribution in [2.45, 2.75) is 38.7 Å². The molecule has 1 aliphatic carbocycles. The molecule has 1 fully saturated rings. The van der Waals surface area contributed by atoms with Crippen LogP contribution in [0, 0.1) is 5.92 Å². The number of H-pyrrole nitrogens is 1. The lowest BCUT2D eigenvalue weighted by atomic mass is 10.1. The first-order valence-electron chi connectivity index (χ1n) is 9.03. The van der Waals surface area contributed by atoms with Gasteiger partial charge in [0.2, 0.25) is 0 Å². The summed E-state index contributed by atoms with van der Waals surface area (Å²) in [6.07, 6.45) is 5.98. The summed E-state index contributed by atoms with van der Waals surface area (Å²) in [6, 6.07) is 8.38. The van der Waals surface area contributed by atoms with Crippen molar-refractivity contribution in [3.05, 3.63) is 36.0 Å². The van der Waals surface area contributed by atoms with Gasteiger partial charge in [0.05, 0.1) is 6.10 Å². The van der Waals surface area contributed by atoms with E-state index in [0.29, 0.717) is 12.5 Å². The first-order valence-corrected chi connectivity index (χ1v) is 9.03. The number of nitrogens with one attached hydrogen (secondary N) is 3. The molecule has 0 amide bonds. The number of hydrogen-bond donors (Lipinski definition) is 4. The number of para-hydroxylation sites is 1. The van der Waals surface area contributed by atoms with E-state index in [9.17, 15) is 5.11 Å². The zero-order valence-corrected chi connectivity index (χ0v) is 17.1. The lowest BCUT2D eigenvalue weighted by Crippen LogP contribution is -2.38. The van der Waals surface area contributed by atoms with E-state index in [1.165, 1.54) is 16.5 Å². The van der Waals surface area contributed by atoms with E-state index in [-0.39, 0.29) is 30.1 Å². The molecule has 2 atom stereocenters. The second-order valence-corrected chi connectivity index (χ2v) is 6.51. The third-order valence-corrected chi connectivity index (χ3v) is 4.81. The number of benzene rings is 1. The Hall–Kier alpha value is -1.28. The quantitative estimate of drug-likeness (QED) is 0.307. The van der Waals surface area contributed by atoms with Crippen LogP contribution in [-0.2, 0) is 6.42 Å². The predicted molar refractivity (Wildman–Crippen MR) is 115 cm³/mol. The Labute approximate surface area is 166 Å². The third-order valence-electron chi connectivity index (χ3n) is 4.81. The van der Waals surface area contributed by atoms with E-state index in [1.54, 1.807) is 0 Å². The molecule has 138 valence electrons. The molecule has 25 heavy (non-hydrogen) atoms. The smallest absolute Gasteiger partial charge is 0.191 e. The zero-order valence-electron chi connectivity index (χ0n) is 14.8. The van der Waals surface area contributed by atoms with Crippen LogP contribution in [0.5, 0.6) is 0 Å². The van der Waals surface area contributed by atoms with Gasteiger partial charge < -0.3 is 20.7 Å². The Morgan fingerprint density at radius 2 is 2.12 bits per heavy atom. The highest BCUT2D eigenvalue weighted by molar-refractivity contribution is 14.0. The average molecular weight is 456 g/mol. The molecule has 1 aliphatic rings. The molecule has 2 aromatic rings. The predicted octanol–water partition coefficient (Wildman–Crippen LogP) is 3.04. The van der Waals surface area contributed by atoms with Gasteiger partial charge in [-0.25, -0.2) is 0 Å². The fourth-order valence-corrected chi connectivity index (χ4v) is 3.43. The summed E-state index contributed by atoms with van der Waals surface area (Å²) < 4.78 is 0. The minimum atomic E-state index is -0.178. The second-order valence-electron chi connectivity index (χ2n) is 6.51. The molecule has 0 aliphatic heterocycles. The largest absolute Gasteiger partial charge is 0.393 e. The van der Waals surface area contributed by atoms with Crippen LogP contribution in [0.3, 0.4) is 0 Å². The van der Waals surface area contributed by atoms with Crippen LogP contribution >= 0.6 is 24.0 Å². The molecule has 1 aromatic carbocycles. The monoisotopic (exact) mass is 456 g/mol. The summed E-state index contributed by atoms with van der Waals surface area (Å²) in [5.74, 6) is 1.16. The van der Waals surface area contributed by atoms with Gasteiger partial charge in [0.1, 0.15) is 0 Å². The van der Waals surface area contributed by atoms with Crippen LogP contribution in [0.15, 0.2) is 35.5 Å². The molecule has 0 spiro atoms. The van der Waals surface area contributed by atoms with Crippen molar-refractivity contribution in [2.24, 2.45) is 10.9 Å². The van der Waals surface area contributed by atoms with Crippen LogP contribution in [0.25, 0.3) is 10.9 Å². The summed E-state index contributed by atoms with van der Waals surface area (Å²) in [7, 11) is 0. The molecule has 2 unspecified atom stereocenters. The molecule has 1 heterocycles. The van der Waals surface area contributed by atoms with Crippen molar-refractivity contribution in [3.63, 3.8) is 0 Å². The van der Waals surface area contributed by atoms with Crippen molar-refractivity contribution >= 4 is 40.8 Å². The van der Waals surface area contributed by atoms with Gasteiger partial charge in [0, 0.05) is 42.7 Å². The van der Waals surface area contributed by atoms with Gasteiger partial charge in [-0.05, 0) is 37.8 Å². The van der Waals surface area contributed by atoms with E-state index in [2.05, 4.69) is 51.9 Å². The maximum atomic E-state index is 9.92. The summed E-state index contributed by atoms with van der Waals surface area (Å²) in [5.41, 5.74) is 2.50. The molecular formula is C19H29IN4O. The summed E-state index contributed by atoms with van der Waals surface area (Å²) in [4.78, 5) is 7.97. The van der Waals surface area contributed by atoms with Crippen molar-refractivity contribution < 1.29 is 5.11 Å². The number of rotatable bonds is 6. The topological polar surface area (TPSA) is 72.4 Å². The van der Waals surface area contributed by atoms with E-state index >= 15 is 0 Å². The second kappa shape index (κ2) is 10.0. The van der Waals surface area contributed by atoms with Crippen molar-refractivity contribution in [1.82, 2.24) is 15.6 Å². The van der Waals surface area contributed by atoms with Gasteiger partial charge in [0.15, 0.2) is 5.96 Å². The number of aliphatic imine (C=N–C) groups is 1. The number of aliphatic hydroxyl groups is 1. The average Bonchev–Trinajstić information content (AvgIpc) is 3.19. The number of fused-ring (bicyclic) bond motifs is 1. The summed E-state index contributed by atoms with van der Waals surface area (Å²) in [5, 5.41) is 17.9. The van der Waals surface area contributed by atoms with Gasteiger partial charge in [0.25, 0.3) is 0 Å². The number of aliphatic hydroxyl groups excluding tert-OH is 1.